The van der Waals surface area contributed by atoms with E-state index < -0.39 is 0 Å². The van der Waals surface area contributed by atoms with Crippen molar-refractivity contribution < 1.29 is 4.79 Å². The first-order valence-electron chi connectivity index (χ1n) is 7.79. The van der Waals surface area contributed by atoms with Crippen LogP contribution in [-0.4, -0.2) is 5.78 Å². The molecule has 2 rings (SSSR count). The van der Waals surface area contributed by atoms with E-state index in [0.717, 1.165) is 31.1 Å². The highest BCUT2D eigenvalue weighted by Gasteiger charge is 2.42. The van der Waals surface area contributed by atoms with Crippen molar-refractivity contribution in [2.24, 2.45) is 29.6 Å². The topological polar surface area (TPSA) is 17.1 Å². The molecule has 2 aliphatic rings. The molecule has 0 aliphatic heterocycles. The molecule has 0 spiro atoms. The van der Waals surface area contributed by atoms with Gasteiger partial charge in [-0.15, -0.1) is 0 Å². The van der Waals surface area contributed by atoms with Crippen LogP contribution in [0, 0.1) is 29.6 Å². The number of hydrogen-bond donors (Lipinski definition) is 0. The summed E-state index contributed by atoms with van der Waals surface area (Å²) in [5, 5.41) is 0. The lowest BCUT2D eigenvalue weighted by atomic mass is 9.74. The van der Waals surface area contributed by atoms with Crippen molar-refractivity contribution in [1.82, 2.24) is 0 Å². The Morgan fingerprint density at radius 1 is 1.22 bits per heavy atom. The van der Waals surface area contributed by atoms with Crippen molar-refractivity contribution in [2.75, 3.05) is 0 Å². The molecule has 0 amide bonds. The Kier molecular flexibility index (Phi) is 4.64. The Morgan fingerprint density at radius 2 is 2.00 bits per heavy atom. The molecule has 0 bridgehead atoms. The van der Waals surface area contributed by atoms with E-state index in [1.54, 1.807) is 0 Å². The molecular formula is C17H28O. The van der Waals surface area contributed by atoms with Gasteiger partial charge < -0.3 is 0 Å². The van der Waals surface area contributed by atoms with E-state index in [1.165, 1.54) is 19.3 Å². The third-order valence-electron chi connectivity index (χ3n) is 4.97. The third-order valence-corrected chi connectivity index (χ3v) is 4.97. The summed E-state index contributed by atoms with van der Waals surface area (Å²) < 4.78 is 0. The van der Waals surface area contributed by atoms with Gasteiger partial charge in [-0.2, -0.15) is 0 Å². The third kappa shape index (κ3) is 3.05. The van der Waals surface area contributed by atoms with Gasteiger partial charge in [0.2, 0.25) is 0 Å². The fourth-order valence-electron chi connectivity index (χ4n) is 3.97. The molecule has 0 aromatic heterocycles. The van der Waals surface area contributed by atoms with Crippen molar-refractivity contribution in [1.29, 1.82) is 0 Å². The Balaban J connectivity index is 1.93. The van der Waals surface area contributed by atoms with Gasteiger partial charge in [0.05, 0.1) is 0 Å². The van der Waals surface area contributed by atoms with Gasteiger partial charge in [0.25, 0.3) is 0 Å². The highest BCUT2D eigenvalue weighted by Crippen LogP contribution is 2.47. The zero-order valence-corrected chi connectivity index (χ0v) is 12.2. The first-order chi connectivity index (χ1) is 8.59. The van der Waals surface area contributed by atoms with Crippen molar-refractivity contribution in [3.05, 3.63) is 12.2 Å². The van der Waals surface area contributed by atoms with Crippen LogP contribution in [0.4, 0.5) is 0 Å². The molecule has 0 aromatic carbocycles. The molecule has 0 heterocycles. The average Bonchev–Trinajstić information content (AvgIpc) is 2.73. The second-order valence-corrected chi connectivity index (χ2v) is 6.79. The molecule has 0 N–H and O–H groups in total. The number of allylic oxidation sites excluding steroid dienone is 2. The molecule has 0 aromatic rings. The maximum atomic E-state index is 11.9. The van der Waals surface area contributed by atoms with E-state index in [1.807, 2.05) is 0 Å². The molecule has 0 saturated heterocycles. The van der Waals surface area contributed by atoms with Gasteiger partial charge in [-0.3, -0.25) is 4.79 Å². The number of carbonyl (C=O) groups excluding carboxylic acids is 1. The molecule has 2 aliphatic carbocycles. The van der Waals surface area contributed by atoms with Gasteiger partial charge in [-0.25, -0.2) is 0 Å². The van der Waals surface area contributed by atoms with E-state index in [2.05, 4.69) is 32.9 Å². The van der Waals surface area contributed by atoms with Crippen molar-refractivity contribution in [3.8, 4) is 0 Å². The first kappa shape index (κ1) is 13.8. The minimum absolute atomic E-state index is 0.421. The van der Waals surface area contributed by atoms with Crippen LogP contribution in [-0.2, 0) is 4.79 Å². The molecule has 1 heteroatoms. The van der Waals surface area contributed by atoms with Crippen LogP contribution in [0.5, 0.6) is 0 Å². The molecule has 4 atom stereocenters. The van der Waals surface area contributed by atoms with Crippen LogP contribution in [0.15, 0.2) is 12.2 Å². The van der Waals surface area contributed by atoms with Gasteiger partial charge in [-0.05, 0) is 55.8 Å². The monoisotopic (exact) mass is 248 g/mol. The molecule has 1 nitrogen and oxygen atoms in total. The van der Waals surface area contributed by atoms with Crippen LogP contribution in [0.25, 0.3) is 0 Å². The molecule has 102 valence electrons. The Hall–Kier alpha value is -0.590. The number of carbonyl (C=O) groups is 1. The quantitative estimate of drug-likeness (QED) is 0.663. The minimum Gasteiger partial charge on any atom is -0.299 e. The maximum Gasteiger partial charge on any atom is 0.136 e. The van der Waals surface area contributed by atoms with Gasteiger partial charge in [-0.1, -0.05) is 32.9 Å². The van der Waals surface area contributed by atoms with E-state index >= 15 is 0 Å². The molecule has 18 heavy (non-hydrogen) atoms. The van der Waals surface area contributed by atoms with Crippen molar-refractivity contribution in [2.45, 2.75) is 59.3 Å². The number of rotatable bonds is 4. The fourth-order valence-corrected chi connectivity index (χ4v) is 3.97. The lowest BCUT2D eigenvalue weighted by molar-refractivity contribution is -0.126. The van der Waals surface area contributed by atoms with Crippen LogP contribution < -0.4 is 0 Å². The molecule has 2 saturated carbocycles. The van der Waals surface area contributed by atoms with Crippen LogP contribution in [0.3, 0.4) is 0 Å². The van der Waals surface area contributed by atoms with E-state index in [9.17, 15) is 4.79 Å². The number of hydrogen-bond acceptors (Lipinski definition) is 1. The normalized spacial score (nSPS) is 34.2. The second-order valence-electron chi connectivity index (χ2n) is 6.79. The maximum absolute atomic E-state index is 11.9. The number of ketones is 1. The SMILES string of the molecule is CC(C)C/C=C/[C@H](C)C1CC[C@H]2C(=O)CCC[C@H]12. The molecule has 0 radical (unpaired) electrons. The number of Topliss-reactive ketones (excluding diaryl/α,β-unsaturated/α-hetero) is 1. The van der Waals surface area contributed by atoms with Crippen molar-refractivity contribution >= 4 is 5.78 Å². The summed E-state index contributed by atoms with van der Waals surface area (Å²) in [5.41, 5.74) is 0. The fraction of sp³-hybridized carbons (Fsp3) is 0.824. The minimum atomic E-state index is 0.421. The summed E-state index contributed by atoms with van der Waals surface area (Å²) in [6, 6.07) is 0. The van der Waals surface area contributed by atoms with Gasteiger partial charge in [0.1, 0.15) is 5.78 Å². The summed E-state index contributed by atoms with van der Waals surface area (Å²) in [5.74, 6) is 3.86. The summed E-state index contributed by atoms with van der Waals surface area (Å²) in [4.78, 5) is 11.9. The first-order valence-corrected chi connectivity index (χ1v) is 7.79. The summed E-state index contributed by atoms with van der Waals surface area (Å²) in [6.07, 6.45) is 11.7. The summed E-state index contributed by atoms with van der Waals surface area (Å²) >= 11 is 0. The molecule has 2 fully saturated rings. The van der Waals surface area contributed by atoms with Crippen molar-refractivity contribution in [3.63, 3.8) is 0 Å². The average molecular weight is 248 g/mol. The highest BCUT2D eigenvalue weighted by molar-refractivity contribution is 5.82. The zero-order valence-electron chi connectivity index (χ0n) is 12.2. The summed E-state index contributed by atoms with van der Waals surface area (Å²) in [6.45, 7) is 6.88. The lowest BCUT2D eigenvalue weighted by Gasteiger charge is -2.30. The van der Waals surface area contributed by atoms with Gasteiger partial charge in [0, 0.05) is 12.3 Å². The van der Waals surface area contributed by atoms with E-state index in [0.29, 0.717) is 23.5 Å². The Morgan fingerprint density at radius 3 is 2.72 bits per heavy atom. The zero-order chi connectivity index (χ0) is 13.1. The summed E-state index contributed by atoms with van der Waals surface area (Å²) in [7, 11) is 0. The highest BCUT2D eigenvalue weighted by atomic mass is 16.1. The van der Waals surface area contributed by atoms with E-state index in [-0.39, 0.29) is 0 Å². The van der Waals surface area contributed by atoms with Crippen LogP contribution >= 0.6 is 0 Å². The smallest absolute Gasteiger partial charge is 0.136 e. The Labute approximate surface area is 112 Å². The second kappa shape index (κ2) is 6.04. The predicted octanol–water partition coefficient (Wildman–Crippen LogP) is 4.62. The lowest BCUT2D eigenvalue weighted by Crippen LogP contribution is -2.29. The largest absolute Gasteiger partial charge is 0.299 e. The predicted molar refractivity (Wildman–Crippen MR) is 76.3 cm³/mol. The van der Waals surface area contributed by atoms with E-state index in [4.69, 9.17) is 0 Å². The van der Waals surface area contributed by atoms with Gasteiger partial charge in [0.15, 0.2) is 0 Å². The standard InChI is InChI=1S/C17H28O/c1-12(2)6-4-7-13(3)14-10-11-16-15(14)8-5-9-17(16)18/h4,7,12-16H,5-6,8-11H2,1-3H3/b7-4+/t13-,14?,15+,16+/m0/s1. The molecule has 1 unspecified atom stereocenters. The van der Waals surface area contributed by atoms with Gasteiger partial charge >= 0.3 is 0 Å². The molecular weight excluding hydrogens is 220 g/mol. The Bertz CT molecular complexity index is 316. The number of fused-ring (bicyclic) bond motifs is 1. The van der Waals surface area contributed by atoms with Crippen LogP contribution in [0.1, 0.15) is 59.3 Å². The van der Waals surface area contributed by atoms with Crippen LogP contribution in [0.2, 0.25) is 0 Å².